The fourth-order valence-corrected chi connectivity index (χ4v) is 2.13. The Hall–Kier alpha value is -1.26. The summed E-state index contributed by atoms with van der Waals surface area (Å²) in [6.07, 6.45) is 1.14. The molecule has 1 aromatic carbocycles. The van der Waals surface area contributed by atoms with Gasteiger partial charge in [-0.2, -0.15) is 0 Å². The smallest absolute Gasteiger partial charge is 0.127 e. The molecule has 19 heavy (non-hydrogen) atoms. The normalized spacial score (nSPS) is 10.8. The summed E-state index contributed by atoms with van der Waals surface area (Å²) < 4.78 is 10.8. The van der Waals surface area contributed by atoms with Crippen molar-refractivity contribution < 1.29 is 9.47 Å². The molecule has 0 aliphatic carbocycles. The lowest BCUT2D eigenvalue weighted by Crippen LogP contribution is -2.23. The Kier molecular flexibility index (Phi) is 6.67. The van der Waals surface area contributed by atoms with Gasteiger partial charge in [0, 0.05) is 18.2 Å². The van der Waals surface area contributed by atoms with Crippen LogP contribution >= 0.6 is 0 Å². The number of hydrogen-bond donors (Lipinski definition) is 1. The molecule has 4 heteroatoms. The molecule has 0 saturated carbocycles. The summed E-state index contributed by atoms with van der Waals surface area (Å²) in [5, 5.41) is 3.17. The van der Waals surface area contributed by atoms with Crippen LogP contribution in [0.2, 0.25) is 0 Å². The van der Waals surface area contributed by atoms with Crippen molar-refractivity contribution in [1.29, 1.82) is 0 Å². The van der Waals surface area contributed by atoms with Gasteiger partial charge >= 0.3 is 0 Å². The molecule has 0 unspecified atom stereocenters. The number of rotatable bonds is 8. The van der Waals surface area contributed by atoms with Crippen LogP contribution in [-0.4, -0.2) is 46.3 Å². The van der Waals surface area contributed by atoms with Gasteiger partial charge in [-0.3, -0.25) is 0 Å². The number of methoxy groups -OCH3 is 2. The fourth-order valence-electron chi connectivity index (χ4n) is 2.13. The van der Waals surface area contributed by atoms with E-state index in [1.54, 1.807) is 14.2 Å². The Morgan fingerprint density at radius 1 is 1.21 bits per heavy atom. The highest BCUT2D eigenvalue weighted by atomic mass is 16.5. The molecule has 0 atom stereocenters. The maximum absolute atomic E-state index is 5.48. The van der Waals surface area contributed by atoms with Gasteiger partial charge in [-0.25, -0.2) is 0 Å². The van der Waals surface area contributed by atoms with Crippen molar-refractivity contribution in [3.63, 3.8) is 0 Å². The zero-order valence-electron chi connectivity index (χ0n) is 12.7. The van der Waals surface area contributed by atoms with Gasteiger partial charge < -0.3 is 19.7 Å². The predicted octanol–water partition coefficient (Wildman–Crippen LogP) is 2.05. The van der Waals surface area contributed by atoms with Crippen molar-refractivity contribution >= 4 is 0 Å². The van der Waals surface area contributed by atoms with E-state index in [1.165, 1.54) is 11.1 Å². The molecule has 0 spiro atoms. The average Bonchev–Trinajstić information content (AvgIpc) is 2.41. The lowest BCUT2D eigenvalue weighted by molar-refractivity contribution is 0.310. The van der Waals surface area contributed by atoms with Crippen LogP contribution in [0.15, 0.2) is 12.1 Å². The number of nitrogens with one attached hydrogen (secondary N) is 1. The molecule has 1 rings (SSSR count). The maximum atomic E-state index is 5.48. The Morgan fingerprint density at radius 2 is 1.95 bits per heavy atom. The van der Waals surface area contributed by atoms with Crippen molar-refractivity contribution in [2.45, 2.75) is 19.9 Å². The van der Waals surface area contributed by atoms with Crippen LogP contribution in [0.25, 0.3) is 0 Å². The lowest BCUT2D eigenvalue weighted by atomic mass is 10.1. The first kappa shape index (κ1) is 15.8. The van der Waals surface area contributed by atoms with Crippen LogP contribution in [-0.2, 0) is 6.54 Å². The van der Waals surface area contributed by atoms with Crippen molar-refractivity contribution in [3.05, 3.63) is 23.3 Å². The lowest BCUT2D eigenvalue weighted by Gasteiger charge is -2.20. The van der Waals surface area contributed by atoms with Gasteiger partial charge in [0.2, 0.25) is 0 Å². The van der Waals surface area contributed by atoms with E-state index in [0.29, 0.717) is 0 Å². The molecule has 0 heterocycles. The molecule has 4 nitrogen and oxygen atoms in total. The maximum Gasteiger partial charge on any atom is 0.127 e. The molecule has 1 N–H and O–H groups in total. The molecule has 0 saturated heterocycles. The first-order chi connectivity index (χ1) is 9.12. The third-order valence-electron chi connectivity index (χ3n) is 3.26. The van der Waals surface area contributed by atoms with E-state index in [-0.39, 0.29) is 0 Å². The highest BCUT2D eigenvalue weighted by molar-refractivity contribution is 5.46. The standard InChI is InChI=1S/C15H26N2O2/c1-12-9-13(18-4)10-15(19-5)14(12)11-17(3)8-6-7-16-2/h9-10,16H,6-8,11H2,1-5H3. The van der Waals surface area contributed by atoms with E-state index in [4.69, 9.17) is 9.47 Å². The highest BCUT2D eigenvalue weighted by Gasteiger charge is 2.11. The van der Waals surface area contributed by atoms with Gasteiger partial charge in [0.1, 0.15) is 11.5 Å². The molecule has 1 aromatic rings. The molecular weight excluding hydrogens is 240 g/mol. The second kappa shape index (κ2) is 8.02. The zero-order valence-corrected chi connectivity index (χ0v) is 12.7. The molecule has 0 radical (unpaired) electrons. The predicted molar refractivity (Wildman–Crippen MR) is 79.2 cm³/mol. The van der Waals surface area contributed by atoms with Crippen LogP contribution < -0.4 is 14.8 Å². The molecule has 0 bridgehead atoms. The second-order valence-electron chi connectivity index (χ2n) is 4.82. The van der Waals surface area contributed by atoms with Crippen molar-refractivity contribution in [1.82, 2.24) is 10.2 Å². The van der Waals surface area contributed by atoms with Crippen LogP contribution in [0.1, 0.15) is 17.5 Å². The minimum Gasteiger partial charge on any atom is -0.497 e. The van der Waals surface area contributed by atoms with Crippen molar-refractivity contribution in [2.75, 3.05) is 41.4 Å². The monoisotopic (exact) mass is 266 g/mol. The molecule has 0 amide bonds. The van der Waals surface area contributed by atoms with E-state index < -0.39 is 0 Å². The Bertz CT molecular complexity index is 394. The van der Waals surface area contributed by atoms with Gasteiger partial charge in [0.05, 0.1) is 14.2 Å². The quantitative estimate of drug-likeness (QED) is 0.730. The molecule has 0 aliphatic heterocycles. The second-order valence-corrected chi connectivity index (χ2v) is 4.82. The Labute approximate surface area is 116 Å². The summed E-state index contributed by atoms with van der Waals surface area (Å²) in [6, 6.07) is 4.00. The molecule has 0 aromatic heterocycles. The first-order valence-electron chi connectivity index (χ1n) is 6.67. The first-order valence-corrected chi connectivity index (χ1v) is 6.67. The summed E-state index contributed by atoms with van der Waals surface area (Å²) in [5.74, 6) is 1.74. The third-order valence-corrected chi connectivity index (χ3v) is 3.26. The number of benzene rings is 1. The fraction of sp³-hybridized carbons (Fsp3) is 0.600. The molecule has 0 fully saturated rings. The summed E-state index contributed by atoms with van der Waals surface area (Å²) in [4.78, 5) is 2.31. The number of aryl methyl sites for hydroxylation is 1. The number of nitrogens with zero attached hydrogens (tertiary/aromatic N) is 1. The molecule has 0 aliphatic rings. The van der Waals surface area contributed by atoms with Gasteiger partial charge in [-0.1, -0.05) is 0 Å². The van der Waals surface area contributed by atoms with E-state index in [9.17, 15) is 0 Å². The van der Waals surface area contributed by atoms with Crippen LogP contribution in [0, 0.1) is 6.92 Å². The largest absolute Gasteiger partial charge is 0.497 e. The van der Waals surface area contributed by atoms with Crippen molar-refractivity contribution in [2.24, 2.45) is 0 Å². The Balaban J connectivity index is 2.76. The molecule has 108 valence electrons. The number of hydrogen-bond acceptors (Lipinski definition) is 4. The van der Waals surface area contributed by atoms with Crippen LogP contribution in [0.3, 0.4) is 0 Å². The summed E-state index contributed by atoms with van der Waals surface area (Å²) in [6.45, 7) is 5.10. The van der Waals surface area contributed by atoms with E-state index in [1.807, 2.05) is 13.1 Å². The zero-order chi connectivity index (χ0) is 14.3. The van der Waals surface area contributed by atoms with E-state index >= 15 is 0 Å². The highest BCUT2D eigenvalue weighted by Crippen LogP contribution is 2.29. The minimum atomic E-state index is 0.843. The van der Waals surface area contributed by atoms with Gasteiger partial charge in [0.25, 0.3) is 0 Å². The van der Waals surface area contributed by atoms with Gasteiger partial charge in [-0.05, 0) is 52.2 Å². The summed E-state index contributed by atoms with van der Waals surface area (Å²) in [7, 11) is 7.51. The number of ether oxygens (including phenoxy) is 2. The van der Waals surface area contributed by atoms with Crippen LogP contribution in [0.5, 0.6) is 11.5 Å². The minimum absolute atomic E-state index is 0.843. The SMILES string of the molecule is CNCCCN(C)Cc1c(C)cc(OC)cc1OC. The van der Waals surface area contributed by atoms with E-state index in [2.05, 4.69) is 30.3 Å². The van der Waals surface area contributed by atoms with E-state index in [0.717, 1.165) is 37.6 Å². The summed E-state index contributed by atoms with van der Waals surface area (Å²) >= 11 is 0. The molecular formula is C15H26N2O2. The topological polar surface area (TPSA) is 33.7 Å². The summed E-state index contributed by atoms with van der Waals surface area (Å²) in [5.41, 5.74) is 2.44. The third kappa shape index (κ3) is 4.73. The van der Waals surface area contributed by atoms with Gasteiger partial charge in [0.15, 0.2) is 0 Å². The van der Waals surface area contributed by atoms with Crippen LogP contribution in [0.4, 0.5) is 0 Å². The average molecular weight is 266 g/mol. The van der Waals surface area contributed by atoms with Crippen molar-refractivity contribution in [3.8, 4) is 11.5 Å². The van der Waals surface area contributed by atoms with Gasteiger partial charge in [-0.15, -0.1) is 0 Å². The Morgan fingerprint density at radius 3 is 2.53 bits per heavy atom.